The fourth-order valence-corrected chi connectivity index (χ4v) is 3.60. The zero-order valence-corrected chi connectivity index (χ0v) is 17.8. The fourth-order valence-electron chi connectivity index (χ4n) is 3.60. The first-order valence-electron chi connectivity index (χ1n) is 10.6. The molecule has 0 aliphatic heterocycles. The minimum Gasteiger partial charge on any atom is -0.384 e. The molecule has 8 heteroatoms. The molecular weight excluding hydrogens is 400 g/mol. The second kappa shape index (κ2) is 8.99. The van der Waals surface area contributed by atoms with Crippen LogP contribution in [0.1, 0.15) is 11.5 Å². The van der Waals surface area contributed by atoms with Crippen LogP contribution in [-0.2, 0) is 6.54 Å². The summed E-state index contributed by atoms with van der Waals surface area (Å²) >= 11 is 0. The van der Waals surface area contributed by atoms with Crippen molar-refractivity contribution in [3.63, 3.8) is 0 Å². The molecule has 32 heavy (non-hydrogen) atoms. The van der Waals surface area contributed by atoms with Crippen LogP contribution in [0.3, 0.4) is 0 Å². The normalized spacial score (nSPS) is 11.2. The van der Waals surface area contributed by atoms with Gasteiger partial charge in [0, 0.05) is 36.2 Å². The van der Waals surface area contributed by atoms with Crippen LogP contribution in [-0.4, -0.2) is 42.6 Å². The average Bonchev–Trinajstić information content (AvgIpc) is 3.46. The number of H-pyrrole nitrogens is 1. The van der Waals surface area contributed by atoms with E-state index in [1.54, 1.807) is 10.8 Å². The highest BCUT2D eigenvalue weighted by molar-refractivity contribution is 5.77. The summed E-state index contributed by atoms with van der Waals surface area (Å²) < 4.78 is 1.76. The van der Waals surface area contributed by atoms with Crippen LogP contribution in [0.15, 0.2) is 73.2 Å². The lowest BCUT2D eigenvalue weighted by molar-refractivity contribution is 0.682. The molecule has 0 saturated heterocycles. The van der Waals surface area contributed by atoms with Gasteiger partial charge < -0.3 is 15.6 Å². The molecule has 5 rings (SSSR count). The van der Waals surface area contributed by atoms with E-state index in [2.05, 4.69) is 37.8 Å². The molecule has 0 aliphatic carbocycles. The number of aryl methyl sites for hydroxylation is 1. The Hall–Kier alpha value is -4.04. The van der Waals surface area contributed by atoms with E-state index in [4.69, 9.17) is 9.97 Å². The Morgan fingerprint density at radius 3 is 2.72 bits per heavy atom. The molecule has 0 spiro atoms. The number of aromatic amines is 1. The maximum atomic E-state index is 4.88. The first kappa shape index (κ1) is 19.9. The molecule has 0 radical (unpaired) electrons. The van der Waals surface area contributed by atoms with Gasteiger partial charge in [-0.3, -0.25) is 4.98 Å². The summed E-state index contributed by atoms with van der Waals surface area (Å²) in [5.74, 6) is 0.858. The summed E-state index contributed by atoms with van der Waals surface area (Å²) in [5, 5.41) is 11.1. The number of para-hydroxylation sites is 1. The zero-order chi connectivity index (χ0) is 21.8. The molecule has 0 aliphatic rings. The molecule has 5 aromatic rings. The van der Waals surface area contributed by atoms with E-state index in [1.807, 2.05) is 61.7 Å². The van der Waals surface area contributed by atoms with Gasteiger partial charge in [-0.25, -0.2) is 14.5 Å². The highest BCUT2D eigenvalue weighted by atomic mass is 15.3. The molecule has 3 N–H and O–H groups in total. The van der Waals surface area contributed by atoms with Crippen molar-refractivity contribution in [2.75, 3.05) is 18.4 Å². The molecule has 4 heterocycles. The predicted octanol–water partition coefficient (Wildman–Crippen LogP) is 3.69. The number of benzene rings is 1. The molecule has 160 valence electrons. The Morgan fingerprint density at radius 2 is 1.84 bits per heavy atom. The van der Waals surface area contributed by atoms with Gasteiger partial charge >= 0.3 is 0 Å². The summed E-state index contributed by atoms with van der Waals surface area (Å²) in [6, 6.07) is 20.1. The van der Waals surface area contributed by atoms with E-state index >= 15 is 0 Å². The smallest absolute Gasteiger partial charge is 0.155 e. The lowest BCUT2D eigenvalue weighted by atomic mass is 10.1. The first-order chi connectivity index (χ1) is 15.8. The molecule has 0 amide bonds. The zero-order valence-electron chi connectivity index (χ0n) is 17.8. The molecule has 0 unspecified atom stereocenters. The molecule has 0 atom stereocenters. The highest BCUT2D eigenvalue weighted by Crippen LogP contribution is 2.29. The van der Waals surface area contributed by atoms with Crippen LogP contribution in [0, 0.1) is 6.92 Å². The molecular formula is C24H24N8. The van der Waals surface area contributed by atoms with Crippen molar-refractivity contribution in [3.8, 4) is 22.6 Å². The maximum Gasteiger partial charge on any atom is 0.155 e. The van der Waals surface area contributed by atoms with Crippen LogP contribution in [0.4, 0.5) is 5.69 Å². The summed E-state index contributed by atoms with van der Waals surface area (Å²) in [6.07, 6.45) is 3.50. The number of fused-ring (bicyclic) bond motifs is 1. The third-order valence-corrected chi connectivity index (χ3v) is 5.14. The van der Waals surface area contributed by atoms with Gasteiger partial charge in [0.1, 0.15) is 17.8 Å². The Bertz CT molecular complexity index is 1320. The van der Waals surface area contributed by atoms with Crippen molar-refractivity contribution < 1.29 is 0 Å². The van der Waals surface area contributed by atoms with Gasteiger partial charge in [0.15, 0.2) is 5.65 Å². The highest BCUT2D eigenvalue weighted by Gasteiger charge is 2.16. The van der Waals surface area contributed by atoms with Crippen LogP contribution in [0.25, 0.3) is 28.3 Å². The molecule has 0 fully saturated rings. The minimum atomic E-state index is 0.626. The predicted molar refractivity (Wildman–Crippen MR) is 125 cm³/mol. The van der Waals surface area contributed by atoms with Crippen LogP contribution < -0.4 is 10.6 Å². The van der Waals surface area contributed by atoms with Crippen LogP contribution in [0.5, 0.6) is 0 Å². The maximum absolute atomic E-state index is 4.88. The van der Waals surface area contributed by atoms with Crippen molar-refractivity contribution in [1.82, 2.24) is 34.9 Å². The summed E-state index contributed by atoms with van der Waals surface area (Å²) in [5.41, 5.74) is 6.43. The van der Waals surface area contributed by atoms with Crippen LogP contribution >= 0.6 is 0 Å². The van der Waals surface area contributed by atoms with Crippen molar-refractivity contribution in [2.45, 2.75) is 13.5 Å². The van der Waals surface area contributed by atoms with Gasteiger partial charge in [-0.05, 0) is 43.3 Å². The number of imidazole rings is 1. The van der Waals surface area contributed by atoms with Gasteiger partial charge in [-0.15, -0.1) is 0 Å². The number of anilines is 1. The lowest BCUT2D eigenvalue weighted by Gasteiger charge is -2.06. The van der Waals surface area contributed by atoms with Gasteiger partial charge in [-0.2, -0.15) is 5.10 Å². The number of rotatable bonds is 8. The third-order valence-electron chi connectivity index (χ3n) is 5.14. The SMILES string of the molecule is Cc1cccc(-c2nc(CNCCNc3ccccc3)[nH]c2-c2ccc3ncnn3c2)n1. The fraction of sp³-hybridized carbons (Fsp3) is 0.167. The third kappa shape index (κ3) is 4.35. The average molecular weight is 425 g/mol. The Morgan fingerprint density at radius 1 is 0.938 bits per heavy atom. The van der Waals surface area contributed by atoms with Crippen molar-refractivity contribution in [1.29, 1.82) is 0 Å². The van der Waals surface area contributed by atoms with Crippen LogP contribution in [0.2, 0.25) is 0 Å². The number of nitrogens with zero attached hydrogens (tertiary/aromatic N) is 5. The van der Waals surface area contributed by atoms with E-state index < -0.39 is 0 Å². The van der Waals surface area contributed by atoms with E-state index in [1.165, 1.54) is 0 Å². The number of nitrogens with one attached hydrogen (secondary N) is 3. The van der Waals surface area contributed by atoms with Gasteiger partial charge in [-0.1, -0.05) is 24.3 Å². The van der Waals surface area contributed by atoms with Crippen molar-refractivity contribution >= 4 is 11.3 Å². The molecule has 1 aromatic carbocycles. The Kier molecular flexibility index (Phi) is 5.59. The lowest BCUT2D eigenvalue weighted by Crippen LogP contribution is -2.22. The second-order valence-electron chi connectivity index (χ2n) is 7.52. The summed E-state index contributed by atoms with van der Waals surface area (Å²) in [4.78, 5) is 17.3. The van der Waals surface area contributed by atoms with E-state index in [-0.39, 0.29) is 0 Å². The standard InChI is InChI=1S/C24H24N8/c1-17-6-5-9-20(29-17)24-23(18-10-11-22-27-16-28-32(22)15-18)30-21(31-24)14-25-12-13-26-19-7-3-2-4-8-19/h2-11,15-16,25-26H,12-14H2,1H3,(H,30,31). The Balaban J connectivity index is 1.36. The van der Waals surface area contributed by atoms with Crippen molar-refractivity contribution in [2.24, 2.45) is 0 Å². The van der Waals surface area contributed by atoms with Gasteiger partial charge in [0.05, 0.1) is 17.9 Å². The number of aromatic nitrogens is 6. The quantitative estimate of drug-likeness (QED) is 0.329. The summed E-state index contributed by atoms with van der Waals surface area (Å²) in [6.45, 7) is 4.25. The van der Waals surface area contributed by atoms with Gasteiger partial charge in [0.2, 0.25) is 0 Å². The number of hydrogen-bond acceptors (Lipinski definition) is 6. The van der Waals surface area contributed by atoms with E-state index in [9.17, 15) is 0 Å². The summed E-state index contributed by atoms with van der Waals surface area (Å²) in [7, 11) is 0. The minimum absolute atomic E-state index is 0.626. The monoisotopic (exact) mass is 424 g/mol. The number of pyridine rings is 2. The van der Waals surface area contributed by atoms with Gasteiger partial charge in [0.25, 0.3) is 0 Å². The Labute approximate surface area is 185 Å². The molecule has 4 aromatic heterocycles. The largest absolute Gasteiger partial charge is 0.384 e. The molecule has 8 nitrogen and oxygen atoms in total. The second-order valence-corrected chi connectivity index (χ2v) is 7.52. The van der Waals surface area contributed by atoms with E-state index in [0.717, 1.165) is 58.6 Å². The topological polar surface area (TPSA) is 95.8 Å². The van der Waals surface area contributed by atoms with Crippen molar-refractivity contribution in [3.05, 3.63) is 84.7 Å². The number of hydrogen-bond donors (Lipinski definition) is 3. The molecule has 0 saturated carbocycles. The first-order valence-corrected chi connectivity index (χ1v) is 10.6. The van der Waals surface area contributed by atoms with E-state index in [0.29, 0.717) is 6.54 Å². The molecule has 0 bridgehead atoms.